The first kappa shape index (κ1) is 17.9. The van der Waals surface area contributed by atoms with E-state index >= 15 is 0 Å². The van der Waals surface area contributed by atoms with Gasteiger partial charge in [-0.1, -0.05) is 35.4 Å². The van der Waals surface area contributed by atoms with E-state index < -0.39 is 6.95 Å². The van der Waals surface area contributed by atoms with E-state index in [0.29, 0.717) is 11.5 Å². The van der Waals surface area contributed by atoms with Crippen LogP contribution in [0.2, 0.25) is 0 Å². The van der Waals surface area contributed by atoms with Gasteiger partial charge in [0.05, 0.1) is 0 Å². The first-order chi connectivity index (χ1) is 10.6. The van der Waals surface area contributed by atoms with Gasteiger partial charge in [-0.25, -0.2) is 4.57 Å². The number of aryl methyl sites for hydroxylation is 6. The molecule has 0 atom stereocenters. The number of hydrogen-bond acceptors (Lipinski definition) is 3. The molecule has 0 aliphatic rings. The second kappa shape index (κ2) is 6.59. The third-order valence-electron chi connectivity index (χ3n) is 3.61. The van der Waals surface area contributed by atoms with E-state index in [2.05, 4.69) is 0 Å². The zero-order chi connectivity index (χ0) is 17.4. The molecule has 0 N–H and O–H groups in total. The highest BCUT2D eigenvalue weighted by atomic mass is 35.7. The summed E-state index contributed by atoms with van der Waals surface area (Å²) in [5.41, 5.74) is 5.74. The average Bonchev–Trinajstić information content (AvgIpc) is 2.38. The summed E-state index contributed by atoms with van der Waals surface area (Å²) in [4.78, 5) is 0. The summed E-state index contributed by atoms with van der Waals surface area (Å²) in [7, 11) is 0. The molecule has 23 heavy (non-hydrogen) atoms. The molecule has 0 unspecified atom stereocenters. The molecule has 0 amide bonds. The van der Waals surface area contributed by atoms with Crippen molar-refractivity contribution in [1.82, 2.24) is 0 Å². The second-order valence-electron chi connectivity index (χ2n) is 6.07. The minimum atomic E-state index is -3.80. The van der Waals surface area contributed by atoms with Gasteiger partial charge in [0, 0.05) is 11.2 Å². The van der Waals surface area contributed by atoms with Crippen LogP contribution in [0.3, 0.4) is 0 Å². The summed E-state index contributed by atoms with van der Waals surface area (Å²) >= 11 is 6.08. The van der Waals surface area contributed by atoms with Crippen LogP contribution in [-0.4, -0.2) is 0 Å². The summed E-state index contributed by atoms with van der Waals surface area (Å²) in [6, 6.07) is 7.84. The molecule has 0 aromatic heterocycles. The highest BCUT2D eigenvalue weighted by molar-refractivity contribution is 7.82. The van der Waals surface area contributed by atoms with Gasteiger partial charge in [0.2, 0.25) is 0 Å². The zero-order valence-corrected chi connectivity index (χ0v) is 16.0. The lowest BCUT2D eigenvalue weighted by Gasteiger charge is -2.19. The van der Waals surface area contributed by atoms with E-state index in [1.807, 2.05) is 65.8 Å². The number of rotatable bonds is 4. The smallest absolute Gasteiger partial charge is 0.404 e. The molecule has 124 valence electrons. The van der Waals surface area contributed by atoms with Crippen molar-refractivity contribution in [3.8, 4) is 11.5 Å². The van der Waals surface area contributed by atoms with Gasteiger partial charge in [0.1, 0.15) is 11.5 Å². The van der Waals surface area contributed by atoms with Gasteiger partial charge in [0.15, 0.2) is 0 Å². The monoisotopic (exact) mass is 352 g/mol. The van der Waals surface area contributed by atoms with Crippen molar-refractivity contribution in [1.29, 1.82) is 0 Å². The largest absolute Gasteiger partial charge is 0.530 e. The van der Waals surface area contributed by atoms with Gasteiger partial charge in [-0.05, 0) is 63.8 Å². The van der Waals surface area contributed by atoms with Crippen molar-refractivity contribution in [3.63, 3.8) is 0 Å². The fourth-order valence-corrected chi connectivity index (χ4v) is 4.32. The minimum Gasteiger partial charge on any atom is -0.404 e. The lowest BCUT2D eigenvalue weighted by molar-refractivity contribution is 0.401. The van der Waals surface area contributed by atoms with E-state index in [4.69, 9.17) is 20.3 Å². The summed E-state index contributed by atoms with van der Waals surface area (Å²) < 4.78 is 23.8. The van der Waals surface area contributed by atoms with Gasteiger partial charge < -0.3 is 9.05 Å². The molecule has 2 rings (SSSR count). The van der Waals surface area contributed by atoms with Crippen molar-refractivity contribution < 1.29 is 13.6 Å². The van der Waals surface area contributed by atoms with Gasteiger partial charge >= 0.3 is 6.95 Å². The third-order valence-corrected chi connectivity index (χ3v) is 4.83. The van der Waals surface area contributed by atoms with Crippen LogP contribution in [-0.2, 0) is 4.57 Å². The zero-order valence-electron chi connectivity index (χ0n) is 14.4. The number of hydrogen-bond donors (Lipinski definition) is 0. The van der Waals surface area contributed by atoms with E-state index in [0.717, 1.165) is 33.4 Å². The predicted octanol–water partition coefficient (Wildman–Crippen LogP) is 6.34. The summed E-state index contributed by atoms with van der Waals surface area (Å²) in [6.07, 6.45) is 0. The van der Waals surface area contributed by atoms with Crippen molar-refractivity contribution in [3.05, 3.63) is 57.6 Å². The molecule has 0 saturated carbocycles. The fourth-order valence-electron chi connectivity index (χ4n) is 2.86. The first-order valence-electron chi connectivity index (χ1n) is 7.43. The van der Waals surface area contributed by atoms with E-state index in [9.17, 15) is 4.57 Å². The van der Waals surface area contributed by atoms with Crippen LogP contribution in [0.25, 0.3) is 0 Å². The molecule has 0 bridgehead atoms. The molecule has 0 heterocycles. The molecule has 0 spiro atoms. The molecule has 0 radical (unpaired) electrons. The van der Waals surface area contributed by atoms with Crippen LogP contribution in [0.15, 0.2) is 24.3 Å². The standard InChI is InChI=1S/C18H22ClO3P/c1-11-7-13(3)17(14(4)8-11)21-23(19,20)22-18-15(5)9-12(2)10-16(18)6/h7-10H,1-6H3. The Morgan fingerprint density at radius 2 is 0.957 bits per heavy atom. The quantitative estimate of drug-likeness (QED) is 0.602. The van der Waals surface area contributed by atoms with Crippen LogP contribution in [0.4, 0.5) is 0 Å². The first-order valence-corrected chi connectivity index (χ1v) is 9.88. The van der Waals surface area contributed by atoms with Crippen molar-refractivity contribution in [2.75, 3.05) is 0 Å². The maximum absolute atomic E-state index is 12.7. The third kappa shape index (κ3) is 4.31. The molecule has 2 aromatic carbocycles. The normalized spacial score (nSPS) is 11.4. The molecule has 5 heteroatoms. The number of halogens is 1. The lowest BCUT2D eigenvalue weighted by atomic mass is 10.1. The minimum absolute atomic E-state index is 0.511. The van der Waals surface area contributed by atoms with Crippen molar-refractivity contribution in [2.24, 2.45) is 0 Å². The Kier molecular flexibility index (Phi) is 5.13. The van der Waals surface area contributed by atoms with Crippen LogP contribution in [0.5, 0.6) is 11.5 Å². The van der Waals surface area contributed by atoms with Crippen LogP contribution in [0.1, 0.15) is 33.4 Å². The van der Waals surface area contributed by atoms with Crippen molar-refractivity contribution in [2.45, 2.75) is 41.5 Å². The molecule has 0 saturated heterocycles. The molecule has 0 aliphatic carbocycles. The van der Waals surface area contributed by atoms with Gasteiger partial charge in [-0.3, -0.25) is 0 Å². The number of benzene rings is 2. The lowest BCUT2D eigenvalue weighted by Crippen LogP contribution is -2.01. The Hall–Kier alpha value is -1.44. The van der Waals surface area contributed by atoms with Gasteiger partial charge in [0.25, 0.3) is 0 Å². The summed E-state index contributed by atoms with van der Waals surface area (Å²) in [6.45, 7) is 7.79. The Bertz CT molecular complexity index is 689. The Morgan fingerprint density at radius 1 is 0.696 bits per heavy atom. The Balaban J connectivity index is 2.33. The molecule has 2 aromatic rings. The molecule has 0 fully saturated rings. The maximum Gasteiger partial charge on any atom is 0.530 e. The topological polar surface area (TPSA) is 35.5 Å². The predicted molar refractivity (Wildman–Crippen MR) is 96.0 cm³/mol. The van der Waals surface area contributed by atoms with Crippen molar-refractivity contribution >= 4 is 18.2 Å². The second-order valence-corrected chi connectivity index (χ2v) is 8.54. The Labute approximate surface area is 142 Å². The molecular weight excluding hydrogens is 331 g/mol. The van der Waals surface area contributed by atoms with E-state index in [1.54, 1.807) is 0 Å². The highest BCUT2D eigenvalue weighted by Gasteiger charge is 2.28. The van der Waals surface area contributed by atoms with E-state index in [1.165, 1.54) is 0 Å². The highest BCUT2D eigenvalue weighted by Crippen LogP contribution is 2.55. The molecular formula is C18H22ClO3P. The van der Waals surface area contributed by atoms with E-state index in [-0.39, 0.29) is 0 Å². The molecule has 3 nitrogen and oxygen atoms in total. The SMILES string of the molecule is Cc1cc(C)c(OP(=O)(Cl)Oc2c(C)cc(C)cc2C)c(C)c1. The van der Waals surface area contributed by atoms with Gasteiger partial charge in [-0.15, -0.1) is 0 Å². The summed E-state index contributed by atoms with van der Waals surface area (Å²) in [5.74, 6) is 1.02. The summed E-state index contributed by atoms with van der Waals surface area (Å²) in [5, 5.41) is 0. The Morgan fingerprint density at radius 3 is 1.22 bits per heavy atom. The maximum atomic E-state index is 12.7. The van der Waals surface area contributed by atoms with Crippen LogP contribution >= 0.6 is 18.2 Å². The van der Waals surface area contributed by atoms with Gasteiger partial charge in [-0.2, -0.15) is 0 Å². The van der Waals surface area contributed by atoms with Crippen LogP contribution in [0, 0.1) is 41.5 Å². The fraction of sp³-hybridized carbons (Fsp3) is 0.333. The van der Waals surface area contributed by atoms with Crippen LogP contribution < -0.4 is 9.05 Å². The average molecular weight is 353 g/mol. The molecule has 0 aliphatic heterocycles.